The van der Waals surface area contributed by atoms with Gasteiger partial charge >= 0.3 is 5.97 Å². The fraction of sp³-hybridized carbons (Fsp3) is 0.167. The van der Waals surface area contributed by atoms with Gasteiger partial charge in [-0.2, -0.15) is 0 Å². The Hall–Kier alpha value is -2.75. The first kappa shape index (κ1) is 15.6. The van der Waals surface area contributed by atoms with Gasteiger partial charge in [0, 0.05) is 0 Å². The van der Waals surface area contributed by atoms with E-state index in [1.165, 1.54) is 0 Å². The van der Waals surface area contributed by atoms with Crippen molar-refractivity contribution in [3.05, 3.63) is 65.7 Å². The molecule has 0 radical (unpaired) electrons. The van der Waals surface area contributed by atoms with Crippen LogP contribution in [0.3, 0.4) is 0 Å². The Bertz CT molecular complexity index is 647. The van der Waals surface area contributed by atoms with Gasteiger partial charge in [-0.05, 0) is 35.9 Å². The minimum atomic E-state index is -0.336. The van der Waals surface area contributed by atoms with Crippen LogP contribution in [0.1, 0.15) is 15.9 Å². The number of methoxy groups -OCH3 is 2. The van der Waals surface area contributed by atoms with Gasteiger partial charge in [0.25, 0.3) is 0 Å². The maximum Gasteiger partial charge on any atom is 0.338 e. The number of rotatable bonds is 6. The molecule has 114 valence electrons. The first-order valence-electron chi connectivity index (χ1n) is 6.85. The van der Waals surface area contributed by atoms with Gasteiger partial charge in [0.15, 0.2) is 11.5 Å². The van der Waals surface area contributed by atoms with Crippen molar-refractivity contribution >= 4 is 12.0 Å². The lowest BCUT2D eigenvalue weighted by Gasteiger charge is -2.07. The van der Waals surface area contributed by atoms with Crippen LogP contribution in [0, 0.1) is 0 Å². The van der Waals surface area contributed by atoms with Gasteiger partial charge in [-0.25, -0.2) is 4.79 Å². The Morgan fingerprint density at radius 1 is 1.00 bits per heavy atom. The number of hydrogen-bond donors (Lipinski definition) is 0. The number of carbonyl (C=O) groups is 1. The molecule has 0 aliphatic carbocycles. The normalized spacial score (nSPS) is 10.5. The van der Waals surface area contributed by atoms with Crippen LogP contribution in [0.5, 0.6) is 11.5 Å². The van der Waals surface area contributed by atoms with E-state index < -0.39 is 0 Å². The van der Waals surface area contributed by atoms with E-state index in [1.54, 1.807) is 44.6 Å². The highest BCUT2D eigenvalue weighted by atomic mass is 16.5. The molecule has 0 unspecified atom stereocenters. The van der Waals surface area contributed by atoms with Gasteiger partial charge in [-0.15, -0.1) is 0 Å². The molecule has 4 heteroatoms. The highest BCUT2D eigenvalue weighted by molar-refractivity contribution is 5.89. The van der Waals surface area contributed by atoms with Crippen LogP contribution >= 0.6 is 0 Å². The minimum absolute atomic E-state index is 0.210. The first-order chi connectivity index (χ1) is 10.7. The van der Waals surface area contributed by atoms with Gasteiger partial charge in [-0.1, -0.05) is 30.3 Å². The molecule has 0 N–H and O–H groups in total. The van der Waals surface area contributed by atoms with E-state index in [-0.39, 0.29) is 12.6 Å². The van der Waals surface area contributed by atoms with Crippen molar-refractivity contribution in [2.75, 3.05) is 20.8 Å². The molecule has 0 aliphatic heterocycles. The van der Waals surface area contributed by atoms with Crippen LogP contribution in [-0.2, 0) is 4.74 Å². The average molecular weight is 298 g/mol. The van der Waals surface area contributed by atoms with E-state index in [0.717, 1.165) is 5.56 Å². The van der Waals surface area contributed by atoms with Crippen molar-refractivity contribution in [2.24, 2.45) is 0 Å². The predicted octanol–water partition coefficient (Wildman–Crippen LogP) is 3.57. The van der Waals surface area contributed by atoms with Crippen molar-refractivity contribution in [3.63, 3.8) is 0 Å². The maximum absolute atomic E-state index is 11.7. The lowest BCUT2D eigenvalue weighted by atomic mass is 10.2. The molecule has 0 heterocycles. The van der Waals surface area contributed by atoms with E-state index in [2.05, 4.69) is 0 Å². The SMILES string of the molecule is COc1ccc(C=CCOC(=O)c2ccccc2)cc1OC. The van der Waals surface area contributed by atoms with Crippen LogP contribution in [0.25, 0.3) is 6.08 Å². The summed E-state index contributed by atoms with van der Waals surface area (Å²) in [6.07, 6.45) is 3.64. The lowest BCUT2D eigenvalue weighted by Crippen LogP contribution is -2.04. The summed E-state index contributed by atoms with van der Waals surface area (Å²) in [7, 11) is 3.18. The predicted molar refractivity (Wildman–Crippen MR) is 85.3 cm³/mol. The summed E-state index contributed by atoms with van der Waals surface area (Å²) >= 11 is 0. The molecule has 0 atom stereocenters. The number of hydrogen-bond acceptors (Lipinski definition) is 4. The molecule has 0 aromatic heterocycles. The summed E-state index contributed by atoms with van der Waals surface area (Å²) in [6.45, 7) is 0.210. The van der Waals surface area contributed by atoms with Crippen LogP contribution in [0.4, 0.5) is 0 Å². The standard InChI is InChI=1S/C18H18O4/c1-20-16-11-10-14(13-17(16)21-2)7-6-12-22-18(19)15-8-4-3-5-9-15/h3-11,13H,12H2,1-2H3. The fourth-order valence-electron chi connectivity index (χ4n) is 1.92. The zero-order valence-corrected chi connectivity index (χ0v) is 12.6. The molecule has 0 amide bonds. The van der Waals surface area contributed by atoms with Crippen LogP contribution in [0.15, 0.2) is 54.6 Å². The van der Waals surface area contributed by atoms with Crippen LogP contribution in [-0.4, -0.2) is 26.8 Å². The zero-order chi connectivity index (χ0) is 15.8. The third-order valence-electron chi connectivity index (χ3n) is 3.04. The fourth-order valence-corrected chi connectivity index (χ4v) is 1.92. The number of ether oxygens (including phenoxy) is 3. The van der Waals surface area contributed by atoms with Crippen molar-refractivity contribution in [2.45, 2.75) is 0 Å². The molecule has 2 rings (SSSR count). The summed E-state index contributed by atoms with van der Waals surface area (Å²) < 4.78 is 15.6. The second kappa shape index (κ2) is 7.88. The lowest BCUT2D eigenvalue weighted by molar-refractivity contribution is 0.0550. The molecule has 0 saturated heterocycles. The summed E-state index contributed by atoms with van der Waals surface area (Å²) in [5.74, 6) is 0.999. The molecule has 4 nitrogen and oxygen atoms in total. The van der Waals surface area contributed by atoms with Gasteiger partial charge in [0.05, 0.1) is 19.8 Å². The summed E-state index contributed by atoms with van der Waals surface area (Å²) in [5.41, 5.74) is 1.48. The minimum Gasteiger partial charge on any atom is -0.493 e. The Labute approximate surface area is 129 Å². The van der Waals surface area contributed by atoms with Crippen molar-refractivity contribution < 1.29 is 19.0 Å². The number of carbonyl (C=O) groups excluding carboxylic acids is 1. The first-order valence-corrected chi connectivity index (χ1v) is 6.85. The molecule has 0 saturated carbocycles. The third kappa shape index (κ3) is 4.12. The van der Waals surface area contributed by atoms with Crippen LogP contribution < -0.4 is 9.47 Å². The molecule has 0 spiro atoms. The average Bonchev–Trinajstić information content (AvgIpc) is 2.59. The van der Waals surface area contributed by atoms with E-state index in [1.807, 2.05) is 30.3 Å². The Morgan fingerprint density at radius 3 is 2.41 bits per heavy atom. The van der Waals surface area contributed by atoms with E-state index in [4.69, 9.17) is 14.2 Å². The Morgan fingerprint density at radius 2 is 1.73 bits per heavy atom. The summed E-state index contributed by atoms with van der Waals surface area (Å²) in [6, 6.07) is 14.5. The molecule has 2 aromatic rings. The van der Waals surface area contributed by atoms with Gasteiger partial charge < -0.3 is 14.2 Å². The monoisotopic (exact) mass is 298 g/mol. The highest BCUT2D eigenvalue weighted by Gasteiger charge is 2.04. The second-order valence-corrected chi connectivity index (χ2v) is 4.48. The molecule has 22 heavy (non-hydrogen) atoms. The van der Waals surface area contributed by atoms with E-state index in [0.29, 0.717) is 17.1 Å². The quantitative estimate of drug-likeness (QED) is 0.765. The largest absolute Gasteiger partial charge is 0.493 e. The van der Waals surface area contributed by atoms with Gasteiger partial charge in [-0.3, -0.25) is 0 Å². The van der Waals surface area contributed by atoms with E-state index >= 15 is 0 Å². The van der Waals surface area contributed by atoms with Crippen molar-refractivity contribution in [1.29, 1.82) is 0 Å². The molecular formula is C18H18O4. The Balaban J connectivity index is 1.91. The topological polar surface area (TPSA) is 44.8 Å². The second-order valence-electron chi connectivity index (χ2n) is 4.48. The van der Waals surface area contributed by atoms with Gasteiger partial charge in [0.2, 0.25) is 0 Å². The summed E-state index contributed by atoms with van der Waals surface area (Å²) in [5, 5.41) is 0. The molecule has 0 fully saturated rings. The molecule has 2 aromatic carbocycles. The molecule has 0 aliphatic rings. The third-order valence-corrected chi connectivity index (χ3v) is 3.04. The number of benzene rings is 2. The summed E-state index contributed by atoms with van der Waals surface area (Å²) in [4.78, 5) is 11.7. The maximum atomic E-state index is 11.7. The molecular weight excluding hydrogens is 280 g/mol. The highest BCUT2D eigenvalue weighted by Crippen LogP contribution is 2.27. The van der Waals surface area contributed by atoms with Crippen molar-refractivity contribution in [3.8, 4) is 11.5 Å². The van der Waals surface area contributed by atoms with E-state index in [9.17, 15) is 4.79 Å². The molecule has 0 bridgehead atoms. The number of esters is 1. The van der Waals surface area contributed by atoms with Gasteiger partial charge in [0.1, 0.15) is 6.61 Å². The zero-order valence-electron chi connectivity index (χ0n) is 12.6. The smallest absolute Gasteiger partial charge is 0.338 e. The van der Waals surface area contributed by atoms with Crippen LogP contribution in [0.2, 0.25) is 0 Å². The van der Waals surface area contributed by atoms with Crippen molar-refractivity contribution in [1.82, 2.24) is 0 Å². The Kier molecular flexibility index (Phi) is 5.60.